The summed E-state index contributed by atoms with van der Waals surface area (Å²) in [5.41, 5.74) is 2.26. The highest BCUT2D eigenvalue weighted by Crippen LogP contribution is 2.20. The van der Waals surface area contributed by atoms with Gasteiger partial charge in [0.25, 0.3) is 0 Å². The Morgan fingerprint density at radius 3 is 2.78 bits per heavy atom. The molecule has 23 heavy (non-hydrogen) atoms. The van der Waals surface area contributed by atoms with Gasteiger partial charge in [-0.1, -0.05) is 59.3 Å². The lowest BCUT2D eigenvalue weighted by atomic mass is 10.1. The molecule has 0 saturated carbocycles. The first-order chi connectivity index (χ1) is 11.2. The van der Waals surface area contributed by atoms with Gasteiger partial charge in [-0.05, 0) is 25.1 Å². The van der Waals surface area contributed by atoms with Crippen LogP contribution in [0.25, 0.3) is 11.4 Å². The first-order valence-corrected chi connectivity index (χ1v) is 8.58. The highest BCUT2D eigenvalue weighted by Gasteiger charge is 2.06. The van der Waals surface area contributed by atoms with Crippen molar-refractivity contribution in [3.8, 4) is 17.1 Å². The quantitative estimate of drug-likeness (QED) is 0.523. The lowest BCUT2D eigenvalue weighted by molar-refractivity contribution is 0.344. The Hall–Kier alpha value is -1.98. The highest BCUT2D eigenvalue weighted by atomic mass is 35.5. The smallest absolute Gasteiger partial charge is 0.208 e. The van der Waals surface area contributed by atoms with E-state index in [4.69, 9.17) is 16.3 Å². The van der Waals surface area contributed by atoms with Crippen LogP contribution in [0.5, 0.6) is 5.75 Å². The van der Waals surface area contributed by atoms with Gasteiger partial charge in [0.05, 0.1) is 6.61 Å². The molecule has 0 bridgehead atoms. The molecule has 0 radical (unpaired) electrons. The van der Waals surface area contributed by atoms with E-state index in [1.807, 2.05) is 30.3 Å². The van der Waals surface area contributed by atoms with Crippen LogP contribution in [0.2, 0.25) is 5.02 Å². The summed E-state index contributed by atoms with van der Waals surface area (Å²) in [6, 6.07) is 15.6. The fourth-order valence-corrected chi connectivity index (χ4v) is 2.80. The summed E-state index contributed by atoms with van der Waals surface area (Å²) in [5, 5.41) is 8.58. The minimum absolute atomic E-state index is 0.569. The summed E-state index contributed by atoms with van der Waals surface area (Å²) < 4.78 is 5.64. The number of H-pyrrole nitrogens is 1. The van der Waals surface area contributed by atoms with Gasteiger partial charge in [-0.15, -0.1) is 5.10 Å². The predicted octanol–water partition coefficient (Wildman–Crippen LogP) is 4.60. The number of nitrogens with one attached hydrogen (secondary N) is 1. The number of benzene rings is 2. The van der Waals surface area contributed by atoms with Crippen molar-refractivity contribution in [1.82, 2.24) is 15.2 Å². The number of aromatic nitrogens is 3. The van der Waals surface area contributed by atoms with Crippen molar-refractivity contribution in [3.05, 3.63) is 59.1 Å². The summed E-state index contributed by atoms with van der Waals surface area (Å²) in [6.45, 7) is 2.63. The van der Waals surface area contributed by atoms with Crippen molar-refractivity contribution in [3.63, 3.8) is 0 Å². The third-order valence-corrected chi connectivity index (χ3v) is 4.22. The van der Waals surface area contributed by atoms with Crippen LogP contribution < -0.4 is 4.74 Å². The second kappa shape index (κ2) is 7.53. The maximum absolute atomic E-state index is 5.91. The third kappa shape index (κ3) is 4.50. The molecule has 0 amide bonds. The van der Waals surface area contributed by atoms with E-state index in [9.17, 15) is 0 Å². The van der Waals surface area contributed by atoms with E-state index >= 15 is 0 Å². The first kappa shape index (κ1) is 15.9. The minimum Gasteiger partial charge on any atom is -0.493 e. The molecule has 2 aromatic carbocycles. The molecule has 0 atom stereocenters. The average molecular weight is 346 g/mol. The van der Waals surface area contributed by atoms with Gasteiger partial charge in [-0.2, -0.15) is 0 Å². The minimum atomic E-state index is 0.569. The van der Waals surface area contributed by atoms with Crippen molar-refractivity contribution in [1.29, 1.82) is 0 Å². The molecule has 3 aromatic rings. The number of thioether (sulfide) groups is 1. The van der Waals surface area contributed by atoms with Crippen LogP contribution in [0.1, 0.15) is 5.56 Å². The molecule has 0 aliphatic carbocycles. The zero-order chi connectivity index (χ0) is 16.1. The van der Waals surface area contributed by atoms with Crippen LogP contribution in [0.3, 0.4) is 0 Å². The standard InChI is InChI=1S/C17H16ClN3OS/c1-12-5-7-13(8-6-12)16-19-17(21-20-16)23-10-9-22-15-4-2-3-14(18)11-15/h2-8,11H,9-10H2,1H3,(H,19,20,21). The van der Waals surface area contributed by atoms with Crippen molar-refractivity contribution >= 4 is 23.4 Å². The molecule has 3 rings (SSSR count). The van der Waals surface area contributed by atoms with E-state index in [0.29, 0.717) is 11.6 Å². The number of halogens is 1. The topological polar surface area (TPSA) is 50.8 Å². The van der Waals surface area contributed by atoms with E-state index in [1.165, 1.54) is 5.56 Å². The van der Waals surface area contributed by atoms with Crippen LogP contribution in [0.4, 0.5) is 0 Å². The molecule has 0 saturated heterocycles. The predicted molar refractivity (Wildman–Crippen MR) is 94.2 cm³/mol. The largest absolute Gasteiger partial charge is 0.493 e. The number of rotatable bonds is 6. The van der Waals surface area contributed by atoms with Gasteiger partial charge < -0.3 is 4.74 Å². The van der Waals surface area contributed by atoms with Gasteiger partial charge in [0.15, 0.2) is 5.82 Å². The average Bonchev–Trinajstić information content (AvgIpc) is 3.01. The molecule has 6 heteroatoms. The molecule has 1 N–H and O–H groups in total. The van der Waals surface area contributed by atoms with E-state index in [1.54, 1.807) is 17.8 Å². The zero-order valence-electron chi connectivity index (χ0n) is 12.6. The maximum atomic E-state index is 5.91. The van der Waals surface area contributed by atoms with E-state index in [0.717, 1.165) is 28.0 Å². The van der Waals surface area contributed by atoms with Gasteiger partial charge in [0.2, 0.25) is 5.16 Å². The number of aromatic amines is 1. The molecule has 4 nitrogen and oxygen atoms in total. The molecule has 118 valence electrons. The Bertz CT molecular complexity index is 774. The Kier molecular flexibility index (Phi) is 5.20. The second-order valence-corrected chi connectivity index (χ2v) is 6.49. The van der Waals surface area contributed by atoms with Crippen LogP contribution in [-0.2, 0) is 0 Å². The first-order valence-electron chi connectivity index (χ1n) is 7.21. The highest BCUT2D eigenvalue weighted by molar-refractivity contribution is 7.99. The van der Waals surface area contributed by atoms with E-state index in [-0.39, 0.29) is 0 Å². The van der Waals surface area contributed by atoms with Gasteiger partial charge in [-0.3, -0.25) is 5.10 Å². The molecule has 1 heterocycles. The maximum Gasteiger partial charge on any atom is 0.208 e. The lowest BCUT2D eigenvalue weighted by Gasteiger charge is -2.04. The number of nitrogens with zero attached hydrogens (tertiary/aromatic N) is 2. The van der Waals surface area contributed by atoms with E-state index in [2.05, 4.69) is 34.2 Å². The fourth-order valence-electron chi connectivity index (χ4n) is 2.00. The number of aryl methyl sites for hydroxylation is 1. The molecule has 0 spiro atoms. The Balaban J connectivity index is 1.50. The molecular formula is C17H16ClN3OS. The third-order valence-electron chi connectivity index (χ3n) is 3.17. The molecule has 0 unspecified atom stereocenters. The Morgan fingerprint density at radius 1 is 1.17 bits per heavy atom. The van der Waals surface area contributed by atoms with Gasteiger partial charge in [-0.25, -0.2) is 4.98 Å². The zero-order valence-corrected chi connectivity index (χ0v) is 14.2. The van der Waals surface area contributed by atoms with Crippen LogP contribution in [-0.4, -0.2) is 27.5 Å². The SMILES string of the molecule is Cc1ccc(-c2nc(SCCOc3cccc(Cl)c3)n[nH]2)cc1. The van der Waals surface area contributed by atoms with Crippen molar-refractivity contribution < 1.29 is 4.74 Å². The van der Waals surface area contributed by atoms with Gasteiger partial charge in [0, 0.05) is 16.3 Å². The summed E-state index contributed by atoms with van der Waals surface area (Å²) in [4.78, 5) is 4.49. The van der Waals surface area contributed by atoms with Crippen molar-refractivity contribution in [2.75, 3.05) is 12.4 Å². The Morgan fingerprint density at radius 2 is 2.00 bits per heavy atom. The van der Waals surface area contributed by atoms with Crippen LogP contribution in [0, 0.1) is 6.92 Å². The molecule has 0 aliphatic heterocycles. The summed E-state index contributed by atoms with van der Waals surface area (Å²) in [7, 11) is 0. The monoisotopic (exact) mass is 345 g/mol. The summed E-state index contributed by atoms with van der Waals surface area (Å²) >= 11 is 7.47. The van der Waals surface area contributed by atoms with Crippen molar-refractivity contribution in [2.24, 2.45) is 0 Å². The van der Waals surface area contributed by atoms with Gasteiger partial charge >= 0.3 is 0 Å². The molecule has 0 fully saturated rings. The van der Waals surface area contributed by atoms with E-state index < -0.39 is 0 Å². The number of ether oxygens (including phenoxy) is 1. The molecule has 0 aliphatic rings. The van der Waals surface area contributed by atoms with Crippen molar-refractivity contribution in [2.45, 2.75) is 12.1 Å². The molecule has 1 aromatic heterocycles. The lowest BCUT2D eigenvalue weighted by Crippen LogP contribution is -2.00. The normalized spacial score (nSPS) is 10.7. The number of hydrogen-bond donors (Lipinski definition) is 1. The van der Waals surface area contributed by atoms with Crippen LogP contribution >= 0.6 is 23.4 Å². The second-order valence-electron chi connectivity index (χ2n) is 4.99. The fraction of sp³-hybridized carbons (Fsp3) is 0.176. The summed E-state index contributed by atoms with van der Waals surface area (Å²) in [5.74, 6) is 2.31. The molecular weight excluding hydrogens is 330 g/mol. The van der Waals surface area contributed by atoms with Gasteiger partial charge in [0.1, 0.15) is 5.75 Å². The number of hydrogen-bond acceptors (Lipinski definition) is 4. The Labute approximate surface area is 144 Å². The van der Waals surface area contributed by atoms with Crippen LogP contribution in [0.15, 0.2) is 53.7 Å². The summed E-state index contributed by atoms with van der Waals surface area (Å²) in [6.07, 6.45) is 0.